The van der Waals surface area contributed by atoms with Gasteiger partial charge >= 0.3 is 11.9 Å². The molecule has 0 spiro atoms. The number of hydrogen-bond acceptors (Lipinski definition) is 4. The van der Waals surface area contributed by atoms with E-state index in [0.29, 0.717) is 0 Å². The molecule has 0 heterocycles. The van der Waals surface area contributed by atoms with Gasteiger partial charge in [0.2, 0.25) is 0 Å². The summed E-state index contributed by atoms with van der Waals surface area (Å²) in [5.74, 6) is -3.04. The van der Waals surface area contributed by atoms with Crippen LogP contribution in [0.1, 0.15) is 48.0 Å². The highest BCUT2D eigenvalue weighted by atomic mass is 16.6. The largest absolute Gasteiger partial charge is 0.481 e. The minimum absolute atomic E-state index is 0.0667. The van der Waals surface area contributed by atoms with Gasteiger partial charge in [0.25, 0.3) is 0 Å². The average molecular weight is 274 g/mol. The van der Waals surface area contributed by atoms with Gasteiger partial charge in [-0.1, -0.05) is 27.7 Å². The molecule has 0 rings (SSSR count). The van der Waals surface area contributed by atoms with E-state index in [9.17, 15) is 14.7 Å². The second-order valence-electron chi connectivity index (χ2n) is 6.20. The summed E-state index contributed by atoms with van der Waals surface area (Å²) in [6.45, 7) is 10.9. The van der Waals surface area contributed by atoms with Crippen LogP contribution in [0.3, 0.4) is 0 Å². The van der Waals surface area contributed by atoms with Crippen molar-refractivity contribution in [2.45, 2.75) is 59.7 Å². The third kappa shape index (κ3) is 5.59. The maximum Gasteiger partial charge on any atom is 0.336 e. The number of esters is 1. The number of carboxylic acids is 1. The van der Waals surface area contributed by atoms with E-state index in [1.54, 1.807) is 13.8 Å². The quantitative estimate of drug-likeness (QED) is 0.694. The second-order valence-corrected chi connectivity index (χ2v) is 6.20. The minimum atomic E-state index is -1.63. The van der Waals surface area contributed by atoms with E-state index in [2.05, 4.69) is 0 Å². The first-order valence-electron chi connectivity index (χ1n) is 6.62. The first-order valence-corrected chi connectivity index (χ1v) is 6.62. The van der Waals surface area contributed by atoms with E-state index >= 15 is 0 Å². The average Bonchev–Trinajstić information content (AvgIpc) is 2.23. The Morgan fingerprint density at radius 2 is 1.63 bits per heavy atom. The van der Waals surface area contributed by atoms with Crippen molar-refractivity contribution in [3.63, 3.8) is 0 Å². The number of aliphatic hydroxyl groups is 1. The molecular formula is C14H26O5. The van der Waals surface area contributed by atoms with Crippen LogP contribution in [0.5, 0.6) is 0 Å². The molecule has 0 saturated carbocycles. The fourth-order valence-corrected chi connectivity index (χ4v) is 1.47. The molecule has 5 nitrogen and oxygen atoms in total. The van der Waals surface area contributed by atoms with Gasteiger partial charge in [0.05, 0.1) is 5.92 Å². The standard InChI is InChI=1S/C14H26O5/c1-8(2)7-10(12(16)17)11(15)13(18)19-14(5,6)9(3)4/h8-11,15H,7H2,1-6H3,(H,16,17). The molecule has 0 aromatic carbocycles. The fourth-order valence-electron chi connectivity index (χ4n) is 1.47. The molecule has 0 aromatic heterocycles. The summed E-state index contributed by atoms with van der Waals surface area (Å²) in [4.78, 5) is 23.0. The number of hydrogen-bond donors (Lipinski definition) is 2. The highest BCUT2D eigenvalue weighted by Gasteiger charge is 2.37. The smallest absolute Gasteiger partial charge is 0.336 e. The predicted molar refractivity (Wildman–Crippen MR) is 71.6 cm³/mol. The van der Waals surface area contributed by atoms with E-state index < -0.39 is 29.6 Å². The summed E-state index contributed by atoms with van der Waals surface area (Å²) in [7, 11) is 0. The van der Waals surface area contributed by atoms with Gasteiger partial charge in [-0.15, -0.1) is 0 Å². The number of carboxylic acid groups (broad SMARTS) is 1. The molecular weight excluding hydrogens is 248 g/mol. The molecule has 2 N–H and O–H groups in total. The van der Waals surface area contributed by atoms with Crippen molar-refractivity contribution in [1.82, 2.24) is 0 Å². The van der Waals surface area contributed by atoms with Crippen molar-refractivity contribution < 1.29 is 24.5 Å². The lowest BCUT2D eigenvalue weighted by Crippen LogP contribution is -2.42. The van der Waals surface area contributed by atoms with Crippen LogP contribution in [0.4, 0.5) is 0 Å². The van der Waals surface area contributed by atoms with Crippen molar-refractivity contribution in [3.05, 3.63) is 0 Å². The van der Waals surface area contributed by atoms with E-state index in [1.165, 1.54) is 0 Å². The number of carbonyl (C=O) groups excluding carboxylic acids is 1. The Labute approximate surface area is 115 Å². The molecule has 112 valence electrons. The Balaban J connectivity index is 4.82. The van der Waals surface area contributed by atoms with Crippen LogP contribution in [0.2, 0.25) is 0 Å². The van der Waals surface area contributed by atoms with Crippen LogP contribution in [-0.2, 0) is 14.3 Å². The van der Waals surface area contributed by atoms with Crippen molar-refractivity contribution in [3.8, 4) is 0 Å². The van der Waals surface area contributed by atoms with Crippen LogP contribution >= 0.6 is 0 Å². The summed E-state index contributed by atoms with van der Waals surface area (Å²) in [5, 5.41) is 19.0. The molecule has 0 saturated heterocycles. The molecule has 5 heteroatoms. The lowest BCUT2D eigenvalue weighted by molar-refractivity contribution is -0.178. The van der Waals surface area contributed by atoms with Crippen molar-refractivity contribution in [2.24, 2.45) is 17.8 Å². The summed E-state index contributed by atoms with van der Waals surface area (Å²) < 4.78 is 5.22. The van der Waals surface area contributed by atoms with Crippen LogP contribution in [0.15, 0.2) is 0 Å². The van der Waals surface area contributed by atoms with Gasteiger partial charge in [-0.3, -0.25) is 4.79 Å². The normalized spacial score (nSPS) is 15.4. The highest BCUT2D eigenvalue weighted by molar-refractivity contribution is 5.83. The first kappa shape index (κ1) is 17.9. The molecule has 0 aromatic rings. The predicted octanol–water partition coefficient (Wildman–Crippen LogP) is 2.07. The number of aliphatic hydroxyl groups excluding tert-OH is 1. The second kappa shape index (κ2) is 6.89. The van der Waals surface area contributed by atoms with Crippen LogP contribution in [-0.4, -0.2) is 33.9 Å². The van der Waals surface area contributed by atoms with Gasteiger partial charge in [-0.05, 0) is 32.1 Å². The molecule has 0 bridgehead atoms. The molecule has 2 unspecified atom stereocenters. The summed E-state index contributed by atoms with van der Waals surface area (Å²) in [6, 6.07) is 0. The van der Waals surface area contributed by atoms with Gasteiger partial charge in [-0.25, -0.2) is 4.79 Å². The molecule has 0 radical (unpaired) electrons. The Morgan fingerprint density at radius 1 is 1.16 bits per heavy atom. The number of rotatable bonds is 7. The molecule has 0 aliphatic rings. The molecule has 0 aliphatic heterocycles. The monoisotopic (exact) mass is 274 g/mol. The Hall–Kier alpha value is -1.10. The van der Waals surface area contributed by atoms with E-state index in [0.717, 1.165) is 0 Å². The number of ether oxygens (including phenoxy) is 1. The molecule has 0 fully saturated rings. The highest BCUT2D eigenvalue weighted by Crippen LogP contribution is 2.24. The lowest BCUT2D eigenvalue weighted by atomic mass is 9.91. The van der Waals surface area contributed by atoms with Crippen LogP contribution in [0, 0.1) is 17.8 Å². The maximum atomic E-state index is 11.9. The Morgan fingerprint density at radius 3 is 1.95 bits per heavy atom. The molecule has 0 aliphatic carbocycles. The number of carbonyl (C=O) groups is 2. The topological polar surface area (TPSA) is 83.8 Å². The van der Waals surface area contributed by atoms with Gasteiger partial charge in [-0.2, -0.15) is 0 Å². The van der Waals surface area contributed by atoms with Crippen LogP contribution in [0.25, 0.3) is 0 Å². The van der Waals surface area contributed by atoms with E-state index in [1.807, 2.05) is 27.7 Å². The van der Waals surface area contributed by atoms with Gasteiger partial charge in [0.15, 0.2) is 6.10 Å². The fraction of sp³-hybridized carbons (Fsp3) is 0.857. The van der Waals surface area contributed by atoms with E-state index in [-0.39, 0.29) is 18.3 Å². The van der Waals surface area contributed by atoms with Gasteiger partial charge in [0, 0.05) is 0 Å². The van der Waals surface area contributed by atoms with Gasteiger partial charge in [0.1, 0.15) is 5.60 Å². The SMILES string of the molecule is CC(C)CC(C(=O)O)C(O)C(=O)OC(C)(C)C(C)C. The Bertz CT molecular complexity index is 320. The summed E-state index contributed by atoms with van der Waals surface area (Å²) >= 11 is 0. The minimum Gasteiger partial charge on any atom is -0.481 e. The summed E-state index contributed by atoms with van der Waals surface area (Å²) in [5.41, 5.74) is -0.737. The van der Waals surface area contributed by atoms with Gasteiger partial charge < -0.3 is 14.9 Å². The summed E-state index contributed by atoms with van der Waals surface area (Å²) in [6.07, 6.45) is -1.40. The van der Waals surface area contributed by atoms with Crippen molar-refractivity contribution in [1.29, 1.82) is 0 Å². The third-order valence-corrected chi connectivity index (χ3v) is 3.42. The van der Waals surface area contributed by atoms with Crippen molar-refractivity contribution in [2.75, 3.05) is 0 Å². The van der Waals surface area contributed by atoms with Crippen LogP contribution < -0.4 is 0 Å². The molecule has 19 heavy (non-hydrogen) atoms. The molecule has 2 atom stereocenters. The number of aliphatic carboxylic acids is 1. The zero-order valence-corrected chi connectivity index (χ0v) is 12.6. The lowest BCUT2D eigenvalue weighted by Gasteiger charge is -2.31. The first-order chi connectivity index (χ1) is 8.49. The Kier molecular flexibility index (Phi) is 6.49. The van der Waals surface area contributed by atoms with E-state index in [4.69, 9.17) is 9.84 Å². The van der Waals surface area contributed by atoms with Crippen molar-refractivity contribution >= 4 is 11.9 Å². The zero-order chi connectivity index (χ0) is 15.4. The third-order valence-electron chi connectivity index (χ3n) is 3.42. The molecule has 0 amide bonds. The zero-order valence-electron chi connectivity index (χ0n) is 12.6. The maximum absolute atomic E-state index is 11.9.